The summed E-state index contributed by atoms with van der Waals surface area (Å²) in [4.78, 5) is 2.60. The van der Waals surface area contributed by atoms with Crippen LogP contribution in [0.15, 0.2) is 71.8 Å². The molecule has 0 aliphatic carbocycles. The fraction of sp³-hybridized carbons (Fsp3) is 0.333. The number of benzene rings is 2. The summed E-state index contributed by atoms with van der Waals surface area (Å²) < 4.78 is 36.3. The number of hydrogen-bond acceptors (Lipinski definition) is 4. The normalized spacial score (nSPS) is 15.4. The number of fused-ring (bicyclic) bond motifs is 1. The van der Waals surface area contributed by atoms with Crippen molar-refractivity contribution in [1.82, 2.24) is 14.2 Å². The van der Waals surface area contributed by atoms with E-state index in [0.29, 0.717) is 18.9 Å². The Morgan fingerprint density at radius 3 is 2.45 bits per heavy atom. The Kier molecular flexibility index (Phi) is 6.46. The predicted octanol–water partition coefficient (Wildman–Crippen LogP) is 3.50. The first-order valence-corrected chi connectivity index (χ1v) is 12.1. The van der Waals surface area contributed by atoms with Gasteiger partial charge in [0, 0.05) is 38.6 Å². The molecule has 2 aromatic carbocycles. The maximum atomic E-state index is 13.0. The van der Waals surface area contributed by atoms with Crippen LogP contribution in [0, 0.1) is 0 Å². The van der Waals surface area contributed by atoms with Crippen molar-refractivity contribution < 1.29 is 13.2 Å². The number of sulfonamides is 1. The molecular formula is C24H29N3O3S. The Morgan fingerprint density at radius 1 is 1.03 bits per heavy atom. The molecule has 164 valence electrons. The van der Waals surface area contributed by atoms with Crippen LogP contribution in [-0.2, 0) is 30.0 Å². The Bertz CT molecular complexity index is 1120. The second-order valence-corrected chi connectivity index (χ2v) is 9.57. The molecule has 0 unspecified atom stereocenters. The van der Waals surface area contributed by atoms with E-state index >= 15 is 0 Å². The van der Waals surface area contributed by atoms with Crippen LogP contribution in [0.2, 0.25) is 0 Å². The molecule has 6 nitrogen and oxygen atoms in total. The standard InChI is InChI=1S/C24H29N3O3S/c1-3-30-21-10-12-22(13-11-21)31(28,29)25-17-24(23-9-6-15-26(23)2)27-16-14-19-7-4-5-8-20(19)18-27/h4-13,15,24-25H,3,14,16-18H2,1-2H3/t24-/m1/s1. The van der Waals surface area contributed by atoms with Crippen LogP contribution in [0.25, 0.3) is 0 Å². The third-order valence-electron chi connectivity index (χ3n) is 5.84. The number of rotatable bonds is 8. The van der Waals surface area contributed by atoms with Gasteiger partial charge in [0.05, 0.1) is 17.5 Å². The maximum absolute atomic E-state index is 13.0. The van der Waals surface area contributed by atoms with Crippen molar-refractivity contribution in [3.63, 3.8) is 0 Å². The first-order valence-electron chi connectivity index (χ1n) is 10.6. The summed E-state index contributed by atoms with van der Waals surface area (Å²) in [6, 6.07) is 19.0. The highest BCUT2D eigenvalue weighted by molar-refractivity contribution is 7.89. The lowest BCUT2D eigenvalue weighted by atomic mass is 9.98. The zero-order chi connectivity index (χ0) is 21.8. The summed E-state index contributed by atoms with van der Waals surface area (Å²) >= 11 is 0. The lowest BCUT2D eigenvalue weighted by molar-refractivity contribution is 0.174. The summed E-state index contributed by atoms with van der Waals surface area (Å²) in [6.45, 7) is 4.43. The second-order valence-electron chi connectivity index (χ2n) is 7.81. The van der Waals surface area contributed by atoms with Gasteiger partial charge in [-0.25, -0.2) is 13.1 Å². The van der Waals surface area contributed by atoms with Crippen LogP contribution in [-0.4, -0.2) is 37.6 Å². The molecule has 0 radical (unpaired) electrons. The Labute approximate surface area is 184 Å². The monoisotopic (exact) mass is 439 g/mol. The van der Waals surface area contributed by atoms with E-state index < -0.39 is 10.0 Å². The Hall–Kier alpha value is -2.61. The molecular weight excluding hydrogens is 410 g/mol. The average Bonchev–Trinajstić information content (AvgIpc) is 3.20. The van der Waals surface area contributed by atoms with E-state index in [4.69, 9.17) is 4.74 Å². The quantitative estimate of drug-likeness (QED) is 0.584. The number of aryl methyl sites for hydroxylation is 1. The van der Waals surface area contributed by atoms with E-state index in [0.717, 1.165) is 25.2 Å². The summed E-state index contributed by atoms with van der Waals surface area (Å²) in [5.41, 5.74) is 3.77. The number of ether oxygens (including phenoxy) is 1. The molecule has 0 spiro atoms. The van der Waals surface area contributed by atoms with Crippen LogP contribution in [0.1, 0.15) is 29.8 Å². The van der Waals surface area contributed by atoms with Crippen LogP contribution in [0.3, 0.4) is 0 Å². The summed E-state index contributed by atoms with van der Waals surface area (Å²) in [7, 11) is -1.63. The van der Waals surface area contributed by atoms with E-state index in [1.165, 1.54) is 11.1 Å². The molecule has 1 aliphatic rings. The van der Waals surface area contributed by atoms with Gasteiger partial charge in [0.15, 0.2) is 0 Å². The molecule has 0 saturated heterocycles. The van der Waals surface area contributed by atoms with E-state index in [1.54, 1.807) is 24.3 Å². The molecule has 2 heterocycles. The van der Waals surface area contributed by atoms with Gasteiger partial charge >= 0.3 is 0 Å². The fourth-order valence-electron chi connectivity index (χ4n) is 4.18. The largest absolute Gasteiger partial charge is 0.494 e. The second kappa shape index (κ2) is 9.26. The van der Waals surface area contributed by atoms with Gasteiger partial charge in [-0.05, 0) is 60.9 Å². The van der Waals surface area contributed by atoms with Crippen molar-refractivity contribution in [3.05, 3.63) is 83.7 Å². The van der Waals surface area contributed by atoms with Crippen molar-refractivity contribution in [2.24, 2.45) is 7.05 Å². The molecule has 3 aromatic rings. The van der Waals surface area contributed by atoms with Crippen LogP contribution >= 0.6 is 0 Å². The Balaban J connectivity index is 1.54. The molecule has 7 heteroatoms. The molecule has 31 heavy (non-hydrogen) atoms. The minimum atomic E-state index is -3.63. The fourth-order valence-corrected chi connectivity index (χ4v) is 5.22. The SMILES string of the molecule is CCOc1ccc(S(=O)(=O)NC[C@H](c2cccn2C)N2CCc3ccccc3C2)cc1. The summed E-state index contributed by atoms with van der Waals surface area (Å²) in [5.74, 6) is 0.662. The highest BCUT2D eigenvalue weighted by Crippen LogP contribution is 2.28. The highest BCUT2D eigenvalue weighted by Gasteiger charge is 2.28. The van der Waals surface area contributed by atoms with Gasteiger partial charge < -0.3 is 9.30 Å². The third-order valence-corrected chi connectivity index (χ3v) is 7.28. The van der Waals surface area contributed by atoms with Gasteiger partial charge in [0.25, 0.3) is 0 Å². The minimum Gasteiger partial charge on any atom is -0.494 e. The molecule has 1 atom stereocenters. The van der Waals surface area contributed by atoms with Gasteiger partial charge in [-0.3, -0.25) is 4.90 Å². The topological polar surface area (TPSA) is 63.6 Å². The molecule has 1 aromatic heterocycles. The van der Waals surface area contributed by atoms with Gasteiger partial charge in [-0.15, -0.1) is 0 Å². The predicted molar refractivity (Wildman–Crippen MR) is 122 cm³/mol. The first-order chi connectivity index (χ1) is 15.0. The molecule has 1 aliphatic heterocycles. The first kappa shape index (κ1) is 21.6. The molecule has 0 fully saturated rings. The smallest absolute Gasteiger partial charge is 0.240 e. The van der Waals surface area contributed by atoms with Crippen LogP contribution < -0.4 is 9.46 Å². The van der Waals surface area contributed by atoms with Gasteiger partial charge in [0.2, 0.25) is 10.0 Å². The molecule has 0 bridgehead atoms. The number of hydrogen-bond donors (Lipinski definition) is 1. The van der Waals surface area contributed by atoms with Crippen molar-refractivity contribution in [2.75, 3.05) is 19.7 Å². The molecule has 0 saturated carbocycles. The van der Waals surface area contributed by atoms with Crippen LogP contribution in [0.5, 0.6) is 5.75 Å². The van der Waals surface area contributed by atoms with Crippen molar-refractivity contribution in [3.8, 4) is 5.75 Å². The van der Waals surface area contributed by atoms with Crippen molar-refractivity contribution in [2.45, 2.75) is 30.8 Å². The molecule has 4 rings (SSSR count). The van der Waals surface area contributed by atoms with E-state index in [9.17, 15) is 8.42 Å². The third kappa shape index (κ3) is 4.84. The minimum absolute atomic E-state index is 0.0640. The lowest BCUT2D eigenvalue weighted by Crippen LogP contribution is -2.41. The van der Waals surface area contributed by atoms with E-state index in [2.05, 4.69) is 44.5 Å². The zero-order valence-corrected chi connectivity index (χ0v) is 18.8. The lowest BCUT2D eigenvalue weighted by Gasteiger charge is -2.36. The van der Waals surface area contributed by atoms with E-state index in [-0.39, 0.29) is 10.9 Å². The van der Waals surface area contributed by atoms with E-state index in [1.807, 2.05) is 26.2 Å². The zero-order valence-electron chi connectivity index (χ0n) is 18.0. The van der Waals surface area contributed by atoms with Crippen molar-refractivity contribution in [1.29, 1.82) is 0 Å². The van der Waals surface area contributed by atoms with Crippen LogP contribution in [0.4, 0.5) is 0 Å². The number of nitrogens with zero attached hydrogens (tertiary/aromatic N) is 2. The highest BCUT2D eigenvalue weighted by atomic mass is 32.2. The van der Waals surface area contributed by atoms with Gasteiger partial charge in [0.1, 0.15) is 5.75 Å². The van der Waals surface area contributed by atoms with Gasteiger partial charge in [-0.1, -0.05) is 24.3 Å². The number of aromatic nitrogens is 1. The molecule has 1 N–H and O–H groups in total. The number of nitrogens with one attached hydrogen (secondary N) is 1. The van der Waals surface area contributed by atoms with Crippen molar-refractivity contribution >= 4 is 10.0 Å². The Morgan fingerprint density at radius 2 is 1.77 bits per heavy atom. The average molecular weight is 440 g/mol. The summed E-state index contributed by atoms with van der Waals surface area (Å²) in [6.07, 6.45) is 2.96. The van der Waals surface area contributed by atoms with Gasteiger partial charge in [-0.2, -0.15) is 0 Å². The summed E-state index contributed by atoms with van der Waals surface area (Å²) in [5, 5.41) is 0. The maximum Gasteiger partial charge on any atom is 0.240 e. The molecule has 0 amide bonds.